The van der Waals surface area contributed by atoms with Crippen molar-refractivity contribution < 1.29 is 14.1 Å². The van der Waals surface area contributed by atoms with Gasteiger partial charge in [-0.05, 0) is 31.9 Å². The van der Waals surface area contributed by atoms with Gasteiger partial charge in [0.1, 0.15) is 23.6 Å². The first-order valence-electron chi connectivity index (χ1n) is 9.96. The summed E-state index contributed by atoms with van der Waals surface area (Å²) in [4.78, 5) is 25.2. The van der Waals surface area contributed by atoms with Gasteiger partial charge in [0.25, 0.3) is 5.91 Å². The van der Waals surface area contributed by atoms with E-state index in [-0.39, 0.29) is 29.8 Å². The molecule has 1 aliphatic rings. The lowest BCUT2D eigenvalue weighted by molar-refractivity contribution is -0.122. The number of carbonyl (C=O) groups is 2. The van der Waals surface area contributed by atoms with Crippen molar-refractivity contribution in [1.29, 1.82) is 0 Å². The summed E-state index contributed by atoms with van der Waals surface area (Å²) < 4.78 is 6.72. The topological polar surface area (TPSA) is 102 Å². The molecule has 2 aromatic heterocycles. The predicted octanol–water partition coefficient (Wildman–Crippen LogP) is 4.46. The molecule has 0 saturated heterocycles. The molecule has 1 aliphatic carbocycles. The van der Waals surface area contributed by atoms with E-state index in [1.807, 2.05) is 0 Å². The highest BCUT2D eigenvalue weighted by Crippen LogP contribution is 2.37. The highest BCUT2D eigenvalue weighted by atomic mass is 35.5. The van der Waals surface area contributed by atoms with Gasteiger partial charge in [-0.2, -0.15) is 5.10 Å². The summed E-state index contributed by atoms with van der Waals surface area (Å²) in [5.41, 5.74) is 1.35. The number of carbonyl (C=O) groups excluding carboxylic acids is 2. The second kappa shape index (κ2) is 9.11. The molecule has 162 valence electrons. The summed E-state index contributed by atoms with van der Waals surface area (Å²) in [5, 5.41) is 14.6. The minimum atomic E-state index is -0.445. The van der Waals surface area contributed by atoms with Crippen LogP contribution in [0.1, 0.15) is 41.8 Å². The van der Waals surface area contributed by atoms with Gasteiger partial charge < -0.3 is 15.2 Å². The van der Waals surface area contributed by atoms with Gasteiger partial charge in [-0.3, -0.25) is 14.3 Å². The van der Waals surface area contributed by atoms with Crippen molar-refractivity contribution >= 4 is 40.7 Å². The molecule has 0 spiro atoms. The lowest BCUT2D eigenvalue weighted by Crippen LogP contribution is -2.35. The van der Waals surface area contributed by atoms with E-state index >= 15 is 0 Å². The number of nitrogens with one attached hydrogen (secondary N) is 2. The van der Waals surface area contributed by atoms with Crippen LogP contribution in [0.25, 0.3) is 11.3 Å². The molecule has 8 nitrogen and oxygen atoms in total. The van der Waals surface area contributed by atoms with E-state index in [0.717, 1.165) is 25.7 Å². The van der Waals surface area contributed by atoms with Crippen molar-refractivity contribution in [3.05, 3.63) is 52.0 Å². The molecule has 1 saturated carbocycles. The summed E-state index contributed by atoms with van der Waals surface area (Å²) in [5.74, 6) is -0.218. The first kappa shape index (κ1) is 21.4. The van der Waals surface area contributed by atoms with Crippen molar-refractivity contribution in [1.82, 2.24) is 20.3 Å². The molecule has 0 bridgehead atoms. The number of benzene rings is 1. The van der Waals surface area contributed by atoms with Gasteiger partial charge in [-0.25, -0.2) is 0 Å². The quantitative estimate of drug-likeness (QED) is 0.563. The Labute approximate surface area is 188 Å². The van der Waals surface area contributed by atoms with Crippen LogP contribution in [-0.4, -0.2) is 32.8 Å². The normalized spacial score (nSPS) is 14.0. The molecule has 0 unspecified atom stereocenters. The molecule has 3 aromatic rings. The minimum Gasteiger partial charge on any atom is -0.360 e. The maximum Gasteiger partial charge on any atom is 0.261 e. The lowest BCUT2D eigenvalue weighted by Gasteiger charge is -2.11. The molecule has 31 heavy (non-hydrogen) atoms. The predicted molar refractivity (Wildman–Crippen MR) is 117 cm³/mol. The van der Waals surface area contributed by atoms with Crippen LogP contribution in [-0.2, 0) is 11.3 Å². The van der Waals surface area contributed by atoms with Gasteiger partial charge in [0, 0.05) is 17.8 Å². The van der Waals surface area contributed by atoms with Gasteiger partial charge >= 0.3 is 0 Å². The van der Waals surface area contributed by atoms with Crippen LogP contribution in [0.15, 0.2) is 35.1 Å². The number of amides is 2. The summed E-state index contributed by atoms with van der Waals surface area (Å²) in [6.07, 6.45) is 7.39. The van der Waals surface area contributed by atoms with Crippen LogP contribution in [0, 0.1) is 6.92 Å². The summed E-state index contributed by atoms with van der Waals surface area (Å²) in [7, 11) is 0. The monoisotopic (exact) mass is 461 g/mol. The molecule has 2 amide bonds. The second-order valence-electron chi connectivity index (χ2n) is 7.49. The van der Waals surface area contributed by atoms with E-state index in [2.05, 4.69) is 20.9 Å². The van der Waals surface area contributed by atoms with E-state index in [0.29, 0.717) is 27.1 Å². The maximum atomic E-state index is 13.0. The Bertz CT molecular complexity index is 1100. The molecular formula is C21H21Cl2N5O3. The third-order valence-electron chi connectivity index (χ3n) is 5.21. The van der Waals surface area contributed by atoms with Gasteiger partial charge in [0.05, 0.1) is 21.9 Å². The average molecular weight is 462 g/mol. The van der Waals surface area contributed by atoms with E-state index in [9.17, 15) is 9.59 Å². The number of halogens is 2. The number of aryl methyl sites for hydroxylation is 1. The standard InChI is InChI=1S/C21H21Cl2N5O3/c1-12-18(20(27-31-12)19-15(22)7-4-8-16(19)23)21(30)26-14-9-24-28(10-14)11-17(29)25-13-5-2-3-6-13/h4,7-10,13H,2-3,5-6,11H2,1H3,(H,25,29)(H,26,30). The number of rotatable bonds is 6. The number of aromatic nitrogens is 3. The Morgan fingerprint density at radius 3 is 2.65 bits per heavy atom. The Kier molecular flexibility index (Phi) is 6.29. The zero-order valence-electron chi connectivity index (χ0n) is 16.8. The number of anilines is 1. The van der Waals surface area contributed by atoms with Crippen LogP contribution in [0.2, 0.25) is 10.0 Å². The molecule has 2 heterocycles. The first-order valence-corrected chi connectivity index (χ1v) is 10.7. The fourth-order valence-corrected chi connectivity index (χ4v) is 4.31. The maximum absolute atomic E-state index is 13.0. The number of hydrogen-bond acceptors (Lipinski definition) is 5. The molecule has 0 radical (unpaired) electrons. The third kappa shape index (κ3) is 4.75. The molecule has 1 fully saturated rings. The third-order valence-corrected chi connectivity index (χ3v) is 5.84. The Balaban J connectivity index is 1.47. The molecule has 0 aliphatic heterocycles. The molecule has 0 atom stereocenters. The van der Waals surface area contributed by atoms with E-state index in [1.165, 1.54) is 10.9 Å². The van der Waals surface area contributed by atoms with Crippen molar-refractivity contribution in [3.63, 3.8) is 0 Å². The number of nitrogens with zero attached hydrogens (tertiary/aromatic N) is 3. The Hall–Kier alpha value is -2.84. The van der Waals surface area contributed by atoms with Gasteiger partial charge in [0.2, 0.25) is 5.91 Å². The first-order chi connectivity index (χ1) is 14.9. The molecule has 4 rings (SSSR count). The fourth-order valence-electron chi connectivity index (χ4n) is 3.73. The van der Waals surface area contributed by atoms with Crippen molar-refractivity contribution in [2.75, 3.05) is 5.32 Å². The highest BCUT2D eigenvalue weighted by Gasteiger charge is 2.25. The Morgan fingerprint density at radius 2 is 1.94 bits per heavy atom. The SMILES string of the molecule is Cc1onc(-c2c(Cl)cccc2Cl)c1C(=O)Nc1cnn(CC(=O)NC2CCCC2)c1. The van der Waals surface area contributed by atoms with Crippen molar-refractivity contribution in [3.8, 4) is 11.3 Å². The van der Waals surface area contributed by atoms with Crippen LogP contribution < -0.4 is 10.6 Å². The van der Waals surface area contributed by atoms with Crippen LogP contribution in [0.3, 0.4) is 0 Å². The molecule has 2 N–H and O–H groups in total. The molecular weight excluding hydrogens is 441 g/mol. The van der Waals surface area contributed by atoms with E-state index in [4.69, 9.17) is 27.7 Å². The average Bonchev–Trinajstić information content (AvgIpc) is 3.44. The minimum absolute atomic E-state index is 0.0825. The summed E-state index contributed by atoms with van der Waals surface area (Å²) in [6, 6.07) is 5.27. The molecule has 1 aromatic carbocycles. The van der Waals surface area contributed by atoms with Crippen LogP contribution >= 0.6 is 23.2 Å². The van der Waals surface area contributed by atoms with Crippen molar-refractivity contribution in [2.24, 2.45) is 0 Å². The van der Waals surface area contributed by atoms with Crippen LogP contribution in [0.5, 0.6) is 0 Å². The fraction of sp³-hybridized carbons (Fsp3) is 0.333. The highest BCUT2D eigenvalue weighted by molar-refractivity contribution is 6.39. The van der Waals surface area contributed by atoms with Gasteiger partial charge in [0.15, 0.2) is 0 Å². The Morgan fingerprint density at radius 1 is 1.23 bits per heavy atom. The largest absolute Gasteiger partial charge is 0.360 e. The van der Waals surface area contributed by atoms with Crippen molar-refractivity contribution in [2.45, 2.75) is 45.2 Å². The van der Waals surface area contributed by atoms with Crippen LogP contribution in [0.4, 0.5) is 5.69 Å². The number of hydrogen-bond donors (Lipinski definition) is 2. The molecule has 10 heteroatoms. The van der Waals surface area contributed by atoms with Gasteiger partial charge in [-0.1, -0.05) is 47.3 Å². The zero-order chi connectivity index (χ0) is 22.0. The summed E-state index contributed by atoms with van der Waals surface area (Å²) in [6.45, 7) is 1.71. The van der Waals surface area contributed by atoms with Gasteiger partial charge in [-0.15, -0.1) is 0 Å². The zero-order valence-corrected chi connectivity index (χ0v) is 18.3. The van der Waals surface area contributed by atoms with E-state index < -0.39 is 5.91 Å². The smallest absolute Gasteiger partial charge is 0.261 e. The van der Waals surface area contributed by atoms with E-state index in [1.54, 1.807) is 31.3 Å². The second-order valence-corrected chi connectivity index (χ2v) is 8.30. The summed E-state index contributed by atoms with van der Waals surface area (Å²) >= 11 is 12.5. The lowest BCUT2D eigenvalue weighted by atomic mass is 10.1.